The fourth-order valence-corrected chi connectivity index (χ4v) is 12.3. The molecule has 7 N–H and O–H groups in total. The summed E-state index contributed by atoms with van der Waals surface area (Å²) in [4.78, 5) is 12.0. The zero-order valence-electron chi connectivity index (χ0n) is 30.8. The highest BCUT2D eigenvalue weighted by Gasteiger charge is 2.73. The number of carbonyl (C=O) groups is 1. The molecule has 0 aromatic heterocycles. The second-order valence-corrected chi connectivity index (χ2v) is 18.0. The Labute approximate surface area is 292 Å². The molecule has 0 amide bonds. The number of hydrogen-bond acceptors (Lipinski definition) is 11. The molecule has 11 nitrogen and oxygen atoms in total. The Morgan fingerprint density at radius 1 is 0.939 bits per heavy atom. The fourth-order valence-electron chi connectivity index (χ4n) is 12.3. The van der Waals surface area contributed by atoms with Crippen LogP contribution in [0.3, 0.4) is 0 Å². The summed E-state index contributed by atoms with van der Waals surface area (Å²) in [6.07, 6.45) is -5.04. The van der Waals surface area contributed by atoms with E-state index in [1.807, 2.05) is 27.7 Å². The van der Waals surface area contributed by atoms with E-state index < -0.39 is 84.1 Å². The number of aliphatic hydroxyl groups excluding tert-OH is 6. The van der Waals surface area contributed by atoms with Gasteiger partial charge in [-0.15, -0.1) is 0 Å². The maximum atomic E-state index is 12.2. The van der Waals surface area contributed by atoms with E-state index in [0.29, 0.717) is 18.4 Å². The van der Waals surface area contributed by atoms with Crippen molar-refractivity contribution in [2.75, 3.05) is 6.61 Å². The molecule has 0 radical (unpaired) electrons. The van der Waals surface area contributed by atoms with Gasteiger partial charge < -0.3 is 50.0 Å². The van der Waals surface area contributed by atoms with Crippen LogP contribution in [-0.2, 0) is 19.0 Å². The van der Waals surface area contributed by atoms with Crippen molar-refractivity contribution in [3.8, 4) is 0 Å². The SMILES string of the molecule is C=C(C)C(O)CCC(C)(O)C1CCC2(C)C1CCC1C3(C)C(O)C(O)C(OC4OC(CO)C(O)C(O)C4OC(C)=O)C(C)(C)C3CCC12C. The van der Waals surface area contributed by atoms with Crippen LogP contribution < -0.4 is 0 Å². The molecule has 5 rings (SSSR count). The second-order valence-electron chi connectivity index (χ2n) is 18.0. The van der Waals surface area contributed by atoms with Crippen LogP contribution in [0.4, 0.5) is 0 Å². The number of carbonyl (C=O) groups excluding carboxylic acids is 1. The average Bonchev–Trinajstić information content (AvgIpc) is 3.39. The standard InChI is InChI=1S/C38H64O11/c1-19(2)23(41)13-17-37(8,46)22-12-15-35(6)21(22)10-11-26-36(35,7)16-14-25-34(4,5)32(29(44)31(45)38(25,26)9)49-33-30(47-20(3)40)28(43)27(42)24(18-39)48-33/h21-33,39,41-46H,1,10-18H2,2-9H3. The molecule has 0 aromatic carbocycles. The molecule has 11 heteroatoms. The number of fused-ring (bicyclic) bond motifs is 5. The second kappa shape index (κ2) is 13.4. The Bertz CT molecular complexity index is 1240. The predicted molar refractivity (Wildman–Crippen MR) is 181 cm³/mol. The molecule has 1 heterocycles. The normalized spacial score (nSPS) is 49.5. The van der Waals surface area contributed by atoms with Gasteiger partial charge >= 0.3 is 5.97 Å². The molecule has 17 atom stereocenters. The molecule has 49 heavy (non-hydrogen) atoms. The van der Waals surface area contributed by atoms with Crippen molar-refractivity contribution in [3.05, 3.63) is 12.2 Å². The lowest BCUT2D eigenvalue weighted by molar-refractivity contribution is -0.355. The molecule has 0 aromatic rings. The highest BCUT2D eigenvalue weighted by Crippen LogP contribution is 2.76. The molecular formula is C38H64O11. The Morgan fingerprint density at radius 2 is 1.57 bits per heavy atom. The van der Waals surface area contributed by atoms with Crippen molar-refractivity contribution in [1.82, 2.24) is 0 Å². The first kappa shape index (κ1) is 39.1. The Kier molecular flexibility index (Phi) is 10.7. The molecule has 1 saturated heterocycles. The molecule has 5 aliphatic rings. The van der Waals surface area contributed by atoms with E-state index in [1.54, 1.807) is 0 Å². The highest BCUT2D eigenvalue weighted by atomic mass is 16.7. The van der Waals surface area contributed by atoms with E-state index in [-0.39, 0.29) is 34.5 Å². The van der Waals surface area contributed by atoms with Crippen LogP contribution in [0.1, 0.15) is 107 Å². The van der Waals surface area contributed by atoms with Gasteiger partial charge in [-0.05, 0) is 105 Å². The lowest BCUT2D eigenvalue weighted by Crippen LogP contribution is -2.73. The minimum Gasteiger partial charge on any atom is -0.454 e. The third-order valence-electron chi connectivity index (χ3n) is 15.2. The van der Waals surface area contributed by atoms with Crippen LogP contribution in [0.5, 0.6) is 0 Å². The molecule has 4 aliphatic carbocycles. The average molecular weight is 697 g/mol. The summed E-state index contributed by atoms with van der Waals surface area (Å²) in [7, 11) is 0. The molecule has 5 fully saturated rings. The van der Waals surface area contributed by atoms with Crippen LogP contribution in [0.15, 0.2) is 12.2 Å². The Morgan fingerprint density at radius 3 is 2.16 bits per heavy atom. The van der Waals surface area contributed by atoms with Gasteiger partial charge in [-0.3, -0.25) is 4.79 Å². The van der Waals surface area contributed by atoms with Gasteiger partial charge in [0.15, 0.2) is 12.4 Å². The number of rotatable bonds is 9. The van der Waals surface area contributed by atoms with Gasteiger partial charge in [0.05, 0.1) is 30.5 Å². The zero-order valence-corrected chi connectivity index (χ0v) is 30.8. The maximum absolute atomic E-state index is 12.2. The topological polar surface area (TPSA) is 186 Å². The Balaban J connectivity index is 1.42. The van der Waals surface area contributed by atoms with Gasteiger partial charge in [0.2, 0.25) is 0 Å². The van der Waals surface area contributed by atoms with Gasteiger partial charge in [0.1, 0.15) is 24.4 Å². The summed E-state index contributed by atoms with van der Waals surface area (Å²) in [5, 5.41) is 77.6. The van der Waals surface area contributed by atoms with Crippen LogP contribution in [0.25, 0.3) is 0 Å². The minimum absolute atomic E-state index is 0.0780. The van der Waals surface area contributed by atoms with E-state index in [2.05, 4.69) is 27.4 Å². The number of esters is 1. The largest absolute Gasteiger partial charge is 0.454 e. The van der Waals surface area contributed by atoms with E-state index in [9.17, 15) is 40.5 Å². The first-order valence-electron chi connectivity index (χ1n) is 18.5. The number of hydrogen-bond donors (Lipinski definition) is 7. The zero-order chi connectivity index (χ0) is 36.6. The van der Waals surface area contributed by atoms with E-state index in [0.717, 1.165) is 38.5 Å². The van der Waals surface area contributed by atoms with E-state index >= 15 is 0 Å². The lowest BCUT2D eigenvalue weighted by atomic mass is 9.34. The van der Waals surface area contributed by atoms with Crippen molar-refractivity contribution in [3.63, 3.8) is 0 Å². The summed E-state index contributed by atoms with van der Waals surface area (Å²) in [5.41, 5.74) is -1.89. The fraction of sp³-hybridized carbons (Fsp3) is 0.921. The molecule has 17 unspecified atom stereocenters. The third-order valence-corrected chi connectivity index (χ3v) is 15.2. The molecule has 0 bridgehead atoms. The molecule has 282 valence electrons. The first-order chi connectivity index (χ1) is 22.6. The number of ether oxygens (including phenoxy) is 3. The molecular weight excluding hydrogens is 632 g/mol. The van der Waals surface area contributed by atoms with Crippen molar-refractivity contribution >= 4 is 5.97 Å². The van der Waals surface area contributed by atoms with Crippen molar-refractivity contribution in [2.24, 2.45) is 45.3 Å². The molecule has 4 saturated carbocycles. The van der Waals surface area contributed by atoms with Crippen LogP contribution in [0, 0.1) is 45.3 Å². The highest BCUT2D eigenvalue weighted by molar-refractivity contribution is 5.66. The summed E-state index contributed by atoms with van der Waals surface area (Å²) >= 11 is 0. The predicted octanol–water partition coefficient (Wildman–Crippen LogP) is 2.84. The van der Waals surface area contributed by atoms with Gasteiger partial charge in [-0.1, -0.05) is 46.8 Å². The Hall–Kier alpha value is -1.15. The quantitative estimate of drug-likeness (QED) is 0.107. The maximum Gasteiger partial charge on any atom is 0.303 e. The van der Waals surface area contributed by atoms with Crippen molar-refractivity contribution in [2.45, 2.75) is 167 Å². The van der Waals surface area contributed by atoms with E-state index in [1.165, 1.54) is 6.92 Å². The minimum atomic E-state index is -1.60. The van der Waals surface area contributed by atoms with Crippen LogP contribution in [0.2, 0.25) is 0 Å². The monoisotopic (exact) mass is 696 g/mol. The van der Waals surface area contributed by atoms with E-state index in [4.69, 9.17) is 14.2 Å². The lowest BCUT2D eigenvalue weighted by Gasteiger charge is -2.71. The van der Waals surface area contributed by atoms with Gasteiger partial charge in [0.25, 0.3) is 0 Å². The van der Waals surface area contributed by atoms with Gasteiger partial charge in [-0.25, -0.2) is 0 Å². The summed E-state index contributed by atoms with van der Waals surface area (Å²) in [6.45, 7) is 19.1. The van der Waals surface area contributed by atoms with Crippen LogP contribution in [-0.4, -0.2) is 109 Å². The van der Waals surface area contributed by atoms with Gasteiger partial charge in [-0.2, -0.15) is 0 Å². The van der Waals surface area contributed by atoms with Crippen molar-refractivity contribution in [1.29, 1.82) is 0 Å². The number of aliphatic hydroxyl groups is 7. The van der Waals surface area contributed by atoms with Gasteiger partial charge in [0, 0.05) is 12.3 Å². The van der Waals surface area contributed by atoms with Crippen LogP contribution >= 0.6 is 0 Å². The molecule has 1 aliphatic heterocycles. The summed E-state index contributed by atoms with van der Waals surface area (Å²) in [6, 6.07) is 0. The third kappa shape index (κ3) is 6.05. The smallest absolute Gasteiger partial charge is 0.303 e. The first-order valence-corrected chi connectivity index (χ1v) is 18.5. The van der Waals surface area contributed by atoms with Crippen molar-refractivity contribution < 1.29 is 54.8 Å². The summed E-state index contributed by atoms with van der Waals surface area (Å²) < 4.78 is 17.5. The molecule has 0 spiro atoms. The summed E-state index contributed by atoms with van der Waals surface area (Å²) in [5.74, 6) is -0.350.